The van der Waals surface area contributed by atoms with Crippen molar-refractivity contribution in [2.75, 3.05) is 13.2 Å². The van der Waals surface area contributed by atoms with Crippen LogP contribution in [-0.2, 0) is 0 Å². The zero-order valence-electron chi connectivity index (χ0n) is 18.5. The lowest BCUT2D eigenvalue weighted by Crippen LogP contribution is -2.05. The number of hydrogen-bond donors (Lipinski definition) is 0. The predicted octanol–water partition coefficient (Wildman–Crippen LogP) is 9.09. The first-order valence-electron chi connectivity index (χ1n) is 11.3. The Balaban J connectivity index is 2.52. The molecule has 1 rings (SSSR count). The minimum Gasteiger partial charge on any atom is -0.492 e. The Morgan fingerprint density at radius 1 is 0.536 bits per heavy atom. The van der Waals surface area contributed by atoms with Crippen LogP contribution in [0.1, 0.15) is 102 Å². The van der Waals surface area contributed by atoms with E-state index in [1.807, 2.05) is 13.8 Å². The highest BCUT2D eigenvalue weighted by atomic mass is 35.5. The molecule has 0 aliphatic carbocycles. The molecule has 0 unspecified atom stereocenters. The fourth-order valence-electron chi connectivity index (χ4n) is 3.33. The molecule has 0 heterocycles. The van der Waals surface area contributed by atoms with Crippen molar-refractivity contribution in [1.82, 2.24) is 0 Å². The van der Waals surface area contributed by atoms with E-state index in [1.54, 1.807) is 0 Å². The van der Waals surface area contributed by atoms with E-state index in [1.165, 1.54) is 64.2 Å². The van der Waals surface area contributed by atoms with Gasteiger partial charge < -0.3 is 9.47 Å². The van der Waals surface area contributed by atoms with Gasteiger partial charge in [0.1, 0.15) is 11.5 Å². The standard InChI is InChI=1S/C24H40Cl2O2/c1-5-7-9-11-13-15-17-27-23-19(3)22(26)24(20(4)21(23)25)28-18-16-14-12-10-8-6-2/h5-18H2,1-4H3. The SMILES string of the molecule is CCCCCCCCOc1c(C)c(Cl)c(OCCCCCCCC)c(C)c1Cl. The van der Waals surface area contributed by atoms with Crippen LogP contribution in [0.5, 0.6) is 11.5 Å². The third kappa shape index (κ3) is 8.82. The number of hydrogen-bond acceptors (Lipinski definition) is 2. The zero-order chi connectivity index (χ0) is 20.8. The van der Waals surface area contributed by atoms with Crippen molar-refractivity contribution in [3.63, 3.8) is 0 Å². The number of benzene rings is 1. The maximum Gasteiger partial charge on any atom is 0.142 e. The third-order valence-electron chi connectivity index (χ3n) is 5.23. The first-order valence-corrected chi connectivity index (χ1v) is 12.0. The average molecular weight is 431 g/mol. The largest absolute Gasteiger partial charge is 0.492 e. The lowest BCUT2D eigenvalue weighted by molar-refractivity contribution is 0.293. The molecule has 0 spiro atoms. The first-order chi connectivity index (χ1) is 13.5. The molecule has 0 aliphatic rings. The van der Waals surface area contributed by atoms with Crippen LogP contribution in [-0.4, -0.2) is 13.2 Å². The Morgan fingerprint density at radius 2 is 0.857 bits per heavy atom. The lowest BCUT2D eigenvalue weighted by Gasteiger charge is -2.19. The molecular weight excluding hydrogens is 391 g/mol. The molecule has 0 bridgehead atoms. The van der Waals surface area contributed by atoms with E-state index in [4.69, 9.17) is 32.7 Å². The summed E-state index contributed by atoms with van der Waals surface area (Å²) in [6.45, 7) is 9.76. The van der Waals surface area contributed by atoms with Crippen LogP contribution in [0, 0.1) is 13.8 Å². The van der Waals surface area contributed by atoms with Gasteiger partial charge in [0, 0.05) is 11.1 Å². The molecule has 0 N–H and O–H groups in total. The number of ether oxygens (including phenoxy) is 2. The molecule has 0 fully saturated rings. The third-order valence-corrected chi connectivity index (χ3v) is 6.14. The highest BCUT2D eigenvalue weighted by Crippen LogP contribution is 2.44. The van der Waals surface area contributed by atoms with E-state index in [0.717, 1.165) is 24.0 Å². The van der Waals surface area contributed by atoms with E-state index in [-0.39, 0.29) is 0 Å². The normalized spacial score (nSPS) is 11.1. The maximum atomic E-state index is 6.59. The summed E-state index contributed by atoms with van der Waals surface area (Å²) in [5.41, 5.74) is 1.75. The van der Waals surface area contributed by atoms with Crippen molar-refractivity contribution < 1.29 is 9.47 Å². The summed E-state index contributed by atoms with van der Waals surface area (Å²) in [5.74, 6) is 1.43. The molecule has 0 atom stereocenters. The molecule has 0 saturated heterocycles. The highest BCUT2D eigenvalue weighted by Gasteiger charge is 2.19. The van der Waals surface area contributed by atoms with Crippen LogP contribution in [0.3, 0.4) is 0 Å². The first kappa shape index (κ1) is 25.4. The van der Waals surface area contributed by atoms with Crippen LogP contribution < -0.4 is 9.47 Å². The fourth-order valence-corrected chi connectivity index (χ4v) is 3.89. The Kier molecular flexibility index (Phi) is 13.9. The summed E-state index contributed by atoms with van der Waals surface area (Å²) >= 11 is 13.2. The van der Waals surface area contributed by atoms with Crippen molar-refractivity contribution >= 4 is 23.2 Å². The molecule has 1 aromatic rings. The quantitative estimate of drug-likeness (QED) is 0.243. The monoisotopic (exact) mass is 430 g/mol. The summed E-state index contributed by atoms with van der Waals surface area (Å²) < 4.78 is 12.0. The minimum atomic E-state index is 0.630. The molecular formula is C24H40Cl2O2. The average Bonchev–Trinajstić information content (AvgIpc) is 2.69. The van der Waals surface area contributed by atoms with Crippen molar-refractivity contribution in [2.45, 2.75) is 105 Å². The molecule has 0 amide bonds. The van der Waals surface area contributed by atoms with E-state index in [0.29, 0.717) is 34.8 Å². The van der Waals surface area contributed by atoms with Gasteiger partial charge in [-0.3, -0.25) is 0 Å². The number of rotatable bonds is 16. The maximum absolute atomic E-state index is 6.59. The molecule has 1 aromatic carbocycles. The fraction of sp³-hybridized carbons (Fsp3) is 0.750. The van der Waals surface area contributed by atoms with Crippen molar-refractivity contribution in [2.24, 2.45) is 0 Å². The molecule has 162 valence electrons. The summed E-state index contributed by atoms with van der Waals surface area (Å²) in [7, 11) is 0. The van der Waals surface area contributed by atoms with Gasteiger partial charge in [0.25, 0.3) is 0 Å². The van der Waals surface area contributed by atoms with Crippen molar-refractivity contribution in [3.05, 3.63) is 21.2 Å². The summed E-state index contributed by atoms with van der Waals surface area (Å²) in [5, 5.41) is 1.26. The second kappa shape index (κ2) is 15.3. The van der Waals surface area contributed by atoms with Gasteiger partial charge in [0.05, 0.1) is 23.3 Å². The van der Waals surface area contributed by atoms with Crippen LogP contribution in [0.15, 0.2) is 0 Å². The van der Waals surface area contributed by atoms with Gasteiger partial charge in [-0.15, -0.1) is 0 Å². The van der Waals surface area contributed by atoms with E-state index in [9.17, 15) is 0 Å². The topological polar surface area (TPSA) is 18.5 Å². The van der Waals surface area contributed by atoms with Crippen LogP contribution in [0.2, 0.25) is 10.0 Å². The number of unbranched alkanes of at least 4 members (excludes halogenated alkanes) is 10. The second-order valence-electron chi connectivity index (χ2n) is 7.77. The Morgan fingerprint density at radius 3 is 1.21 bits per heavy atom. The summed E-state index contributed by atoms with van der Waals surface area (Å²) in [6, 6.07) is 0. The number of halogens is 2. The molecule has 4 heteroatoms. The molecule has 0 radical (unpaired) electrons. The molecule has 0 saturated carbocycles. The van der Waals surface area contributed by atoms with E-state index >= 15 is 0 Å². The Bertz CT molecular complexity index is 480. The van der Waals surface area contributed by atoms with Gasteiger partial charge in [-0.05, 0) is 26.7 Å². The zero-order valence-corrected chi connectivity index (χ0v) is 20.0. The molecule has 28 heavy (non-hydrogen) atoms. The van der Waals surface area contributed by atoms with Crippen molar-refractivity contribution in [1.29, 1.82) is 0 Å². The summed E-state index contributed by atoms with van der Waals surface area (Å²) in [6.07, 6.45) is 14.8. The molecule has 0 aromatic heterocycles. The summed E-state index contributed by atoms with van der Waals surface area (Å²) in [4.78, 5) is 0. The minimum absolute atomic E-state index is 0.630. The predicted molar refractivity (Wildman–Crippen MR) is 124 cm³/mol. The van der Waals surface area contributed by atoms with Crippen LogP contribution in [0.25, 0.3) is 0 Å². The molecule has 2 nitrogen and oxygen atoms in total. The van der Waals surface area contributed by atoms with Crippen LogP contribution in [0.4, 0.5) is 0 Å². The van der Waals surface area contributed by atoms with Gasteiger partial charge in [-0.2, -0.15) is 0 Å². The van der Waals surface area contributed by atoms with Crippen LogP contribution >= 0.6 is 23.2 Å². The highest BCUT2D eigenvalue weighted by molar-refractivity contribution is 6.36. The van der Waals surface area contributed by atoms with E-state index in [2.05, 4.69) is 13.8 Å². The lowest BCUT2D eigenvalue weighted by atomic mass is 10.1. The van der Waals surface area contributed by atoms with Gasteiger partial charge >= 0.3 is 0 Å². The van der Waals surface area contributed by atoms with Gasteiger partial charge in [-0.1, -0.05) is 101 Å². The van der Waals surface area contributed by atoms with E-state index < -0.39 is 0 Å². The van der Waals surface area contributed by atoms with Gasteiger partial charge in [0.2, 0.25) is 0 Å². The molecule has 0 aliphatic heterocycles. The van der Waals surface area contributed by atoms with Crippen molar-refractivity contribution in [3.8, 4) is 11.5 Å². The van der Waals surface area contributed by atoms with Gasteiger partial charge in [0.15, 0.2) is 0 Å². The Labute approximate surface area is 183 Å². The second-order valence-corrected chi connectivity index (χ2v) is 8.52. The Hall–Kier alpha value is -0.600. The smallest absolute Gasteiger partial charge is 0.142 e. The van der Waals surface area contributed by atoms with Gasteiger partial charge in [-0.25, -0.2) is 0 Å².